The number of carboxylic acid groups (broad SMARTS) is 1. The highest BCUT2D eigenvalue weighted by Gasteiger charge is 2.35. The van der Waals surface area contributed by atoms with Gasteiger partial charge in [0.15, 0.2) is 11.5 Å². The zero-order chi connectivity index (χ0) is 18.4. The summed E-state index contributed by atoms with van der Waals surface area (Å²) in [7, 11) is 0. The number of ether oxygens (including phenoxy) is 2. The molecule has 1 aliphatic heterocycles. The molecule has 0 aromatic heterocycles. The van der Waals surface area contributed by atoms with Crippen LogP contribution in [0.15, 0.2) is 18.2 Å². The van der Waals surface area contributed by atoms with Crippen molar-refractivity contribution < 1.29 is 24.2 Å². The molecule has 6 nitrogen and oxygen atoms in total. The number of carbonyl (C=O) groups is 2. The van der Waals surface area contributed by atoms with Crippen LogP contribution in [-0.4, -0.2) is 30.3 Å². The maximum absolute atomic E-state index is 12.2. The molecule has 0 spiro atoms. The van der Waals surface area contributed by atoms with E-state index in [4.69, 9.17) is 14.6 Å². The molecule has 142 valence electrons. The first kappa shape index (κ1) is 18.5. The van der Waals surface area contributed by atoms with E-state index in [0.29, 0.717) is 25.8 Å². The van der Waals surface area contributed by atoms with Crippen LogP contribution in [0.2, 0.25) is 0 Å². The molecule has 1 aromatic rings. The smallest absolute Gasteiger partial charge is 0.303 e. The number of fused-ring (bicyclic) bond motifs is 1. The Kier molecular flexibility index (Phi) is 6.01. The fraction of sp³-hybridized carbons (Fsp3) is 0.600. The van der Waals surface area contributed by atoms with Crippen molar-refractivity contribution in [2.24, 2.45) is 0 Å². The molecule has 6 heteroatoms. The van der Waals surface area contributed by atoms with Gasteiger partial charge in [0.25, 0.3) is 0 Å². The average molecular weight is 361 g/mol. The van der Waals surface area contributed by atoms with E-state index in [1.54, 1.807) is 0 Å². The number of amides is 1. The zero-order valence-corrected chi connectivity index (χ0v) is 15.1. The Morgan fingerprint density at radius 3 is 2.54 bits per heavy atom. The van der Waals surface area contributed by atoms with E-state index in [9.17, 15) is 9.59 Å². The predicted octanol–water partition coefficient (Wildman–Crippen LogP) is 3.38. The van der Waals surface area contributed by atoms with Gasteiger partial charge < -0.3 is 19.9 Å². The van der Waals surface area contributed by atoms with Gasteiger partial charge in [-0.2, -0.15) is 0 Å². The summed E-state index contributed by atoms with van der Waals surface area (Å²) >= 11 is 0. The van der Waals surface area contributed by atoms with Gasteiger partial charge in [0.1, 0.15) is 0 Å². The number of hydrogen-bond acceptors (Lipinski definition) is 4. The number of carboxylic acids is 1. The molecule has 1 heterocycles. The zero-order valence-electron chi connectivity index (χ0n) is 15.1. The predicted molar refractivity (Wildman–Crippen MR) is 96.4 cm³/mol. The normalized spacial score (nSPS) is 17.7. The SMILES string of the molecule is O=C(O)CCCCC(=O)NCC1(c2ccc3c(c2)OCO3)CCCCC1. The van der Waals surface area contributed by atoms with Crippen LogP contribution < -0.4 is 14.8 Å². The number of rotatable bonds is 8. The topological polar surface area (TPSA) is 84.9 Å². The monoisotopic (exact) mass is 361 g/mol. The number of carbonyl (C=O) groups excluding carboxylic acids is 1. The lowest BCUT2D eigenvalue weighted by molar-refractivity contribution is -0.137. The van der Waals surface area contributed by atoms with Gasteiger partial charge in [-0.15, -0.1) is 0 Å². The summed E-state index contributed by atoms with van der Waals surface area (Å²) < 4.78 is 10.9. The second-order valence-electron chi connectivity index (χ2n) is 7.29. The third-order valence-corrected chi connectivity index (χ3v) is 5.46. The van der Waals surface area contributed by atoms with Crippen molar-refractivity contribution in [3.63, 3.8) is 0 Å². The summed E-state index contributed by atoms with van der Waals surface area (Å²) in [6.07, 6.45) is 7.28. The summed E-state index contributed by atoms with van der Waals surface area (Å²) in [5.41, 5.74) is 1.14. The summed E-state index contributed by atoms with van der Waals surface area (Å²) in [5, 5.41) is 11.7. The van der Waals surface area contributed by atoms with Crippen LogP contribution in [0.25, 0.3) is 0 Å². The lowest BCUT2D eigenvalue weighted by Crippen LogP contribution is -2.42. The largest absolute Gasteiger partial charge is 0.481 e. The highest BCUT2D eigenvalue weighted by Crippen LogP contribution is 2.43. The molecule has 1 amide bonds. The van der Waals surface area contributed by atoms with Gasteiger partial charge >= 0.3 is 5.97 Å². The molecule has 26 heavy (non-hydrogen) atoms. The lowest BCUT2D eigenvalue weighted by Gasteiger charge is -2.38. The molecule has 1 saturated carbocycles. The molecule has 2 aliphatic rings. The van der Waals surface area contributed by atoms with Gasteiger partial charge in [0.2, 0.25) is 12.7 Å². The minimum atomic E-state index is -0.811. The third-order valence-electron chi connectivity index (χ3n) is 5.46. The van der Waals surface area contributed by atoms with E-state index in [0.717, 1.165) is 37.2 Å². The number of benzene rings is 1. The summed E-state index contributed by atoms with van der Waals surface area (Å²) in [4.78, 5) is 22.7. The van der Waals surface area contributed by atoms with Crippen molar-refractivity contribution in [1.82, 2.24) is 5.32 Å². The van der Waals surface area contributed by atoms with Crippen molar-refractivity contribution >= 4 is 11.9 Å². The Morgan fingerprint density at radius 1 is 1.04 bits per heavy atom. The standard InChI is InChI=1S/C20H27NO5/c22-18(6-2-3-7-19(23)24)21-13-20(10-4-1-5-11-20)15-8-9-16-17(12-15)26-14-25-16/h8-9,12H,1-7,10-11,13-14H2,(H,21,22)(H,23,24). The van der Waals surface area contributed by atoms with Gasteiger partial charge in [-0.25, -0.2) is 0 Å². The molecule has 1 fully saturated rings. The van der Waals surface area contributed by atoms with Crippen LogP contribution in [0.5, 0.6) is 11.5 Å². The Hall–Kier alpha value is -2.24. The summed E-state index contributed by atoms with van der Waals surface area (Å²) in [6, 6.07) is 6.12. The maximum Gasteiger partial charge on any atom is 0.303 e. The van der Waals surface area contributed by atoms with E-state index in [1.165, 1.54) is 12.0 Å². The molecule has 0 radical (unpaired) electrons. The number of nitrogens with one attached hydrogen (secondary N) is 1. The van der Waals surface area contributed by atoms with Crippen molar-refractivity contribution in [2.45, 2.75) is 63.2 Å². The Balaban J connectivity index is 1.61. The van der Waals surface area contributed by atoms with E-state index in [2.05, 4.69) is 17.4 Å². The molecule has 0 unspecified atom stereocenters. The molecule has 1 aromatic carbocycles. The van der Waals surface area contributed by atoms with Crippen LogP contribution in [0.3, 0.4) is 0 Å². The fourth-order valence-corrected chi connectivity index (χ4v) is 3.94. The van der Waals surface area contributed by atoms with Crippen LogP contribution >= 0.6 is 0 Å². The third kappa shape index (κ3) is 4.48. The van der Waals surface area contributed by atoms with Crippen LogP contribution in [0.4, 0.5) is 0 Å². The van der Waals surface area contributed by atoms with Crippen molar-refractivity contribution in [3.8, 4) is 11.5 Å². The van der Waals surface area contributed by atoms with Gasteiger partial charge in [0.05, 0.1) is 0 Å². The van der Waals surface area contributed by atoms with E-state index in [-0.39, 0.29) is 24.5 Å². The molecule has 0 bridgehead atoms. The van der Waals surface area contributed by atoms with Crippen LogP contribution in [0, 0.1) is 0 Å². The van der Waals surface area contributed by atoms with E-state index in [1.807, 2.05) is 6.07 Å². The van der Waals surface area contributed by atoms with Crippen molar-refractivity contribution in [2.75, 3.05) is 13.3 Å². The molecule has 0 atom stereocenters. The molecular formula is C20H27NO5. The molecule has 3 rings (SSSR count). The summed E-state index contributed by atoms with van der Waals surface area (Å²) in [5.74, 6) is 0.755. The maximum atomic E-state index is 12.2. The van der Waals surface area contributed by atoms with Crippen molar-refractivity contribution in [3.05, 3.63) is 23.8 Å². The van der Waals surface area contributed by atoms with E-state index < -0.39 is 5.97 Å². The molecule has 0 saturated heterocycles. The quantitative estimate of drug-likeness (QED) is 0.694. The minimum Gasteiger partial charge on any atom is -0.481 e. The number of unbranched alkanes of at least 4 members (excludes halogenated alkanes) is 1. The Morgan fingerprint density at radius 2 is 1.77 bits per heavy atom. The first-order valence-corrected chi connectivity index (χ1v) is 9.48. The second-order valence-corrected chi connectivity index (χ2v) is 7.29. The second kappa shape index (κ2) is 8.43. The fourth-order valence-electron chi connectivity index (χ4n) is 3.94. The number of aliphatic carboxylic acids is 1. The average Bonchev–Trinajstić information content (AvgIpc) is 3.12. The summed E-state index contributed by atoms with van der Waals surface area (Å²) in [6.45, 7) is 0.878. The Labute approximate surface area is 153 Å². The van der Waals surface area contributed by atoms with Gasteiger partial charge in [0, 0.05) is 24.8 Å². The van der Waals surface area contributed by atoms with Gasteiger partial charge in [-0.05, 0) is 43.4 Å². The lowest BCUT2D eigenvalue weighted by atomic mass is 9.69. The number of hydrogen-bond donors (Lipinski definition) is 2. The highest BCUT2D eigenvalue weighted by atomic mass is 16.7. The highest BCUT2D eigenvalue weighted by molar-refractivity contribution is 5.76. The Bertz CT molecular complexity index is 652. The van der Waals surface area contributed by atoms with Crippen LogP contribution in [0.1, 0.15) is 63.4 Å². The molecular weight excluding hydrogens is 334 g/mol. The van der Waals surface area contributed by atoms with Crippen molar-refractivity contribution in [1.29, 1.82) is 0 Å². The van der Waals surface area contributed by atoms with Gasteiger partial charge in [-0.3, -0.25) is 9.59 Å². The first-order chi connectivity index (χ1) is 12.6. The molecule has 2 N–H and O–H groups in total. The first-order valence-electron chi connectivity index (χ1n) is 9.48. The van der Waals surface area contributed by atoms with Crippen LogP contribution in [-0.2, 0) is 15.0 Å². The van der Waals surface area contributed by atoms with E-state index >= 15 is 0 Å². The minimum absolute atomic E-state index is 0.00100. The van der Waals surface area contributed by atoms with Gasteiger partial charge in [-0.1, -0.05) is 25.3 Å². The molecule has 1 aliphatic carbocycles.